The van der Waals surface area contributed by atoms with Crippen LogP contribution in [0.15, 0.2) is 12.4 Å². The average Bonchev–Trinajstić information content (AvgIpc) is 2.96. The van der Waals surface area contributed by atoms with E-state index in [9.17, 15) is 14.7 Å². The monoisotopic (exact) mass is 309 g/mol. The highest BCUT2D eigenvalue weighted by Gasteiger charge is 2.44. The van der Waals surface area contributed by atoms with Gasteiger partial charge in [0.25, 0.3) is 5.91 Å². The summed E-state index contributed by atoms with van der Waals surface area (Å²) in [5.41, 5.74) is -0.505. The predicted octanol–water partition coefficient (Wildman–Crippen LogP) is 1.25. The molecule has 22 heavy (non-hydrogen) atoms. The van der Waals surface area contributed by atoms with E-state index in [4.69, 9.17) is 4.74 Å². The number of methoxy groups -OCH3 is 1. The molecule has 0 radical (unpaired) electrons. The number of aryl methyl sites for hydroxylation is 1. The first-order valence-corrected chi connectivity index (χ1v) is 7.56. The zero-order valence-corrected chi connectivity index (χ0v) is 13.1. The predicted molar refractivity (Wildman–Crippen MR) is 79.6 cm³/mol. The van der Waals surface area contributed by atoms with Gasteiger partial charge >= 0.3 is 5.97 Å². The van der Waals surface area contributed by atoms with Gasteiger partial charge in [-0.3, -0.25) is 14.3 Å². The third-order valence-corrected chi connectivity index (χ3v) is 4.07. The average molecular weight is 309 g/mol. The summed E-state index contributed by atoms with van der Waals surface area (Å²) in [7, 11) is 1.49. The number of rotatable bonds is 6. The van der Waals surface area contributed by atoms with Crippen molar-refractivity contribution in [1.29, 1.82) is 0 Å². The number of hydrogen-bond donors (Lipinski definition) is 1. The molecule has 1 aliphatic rings. The van der Waals surface area contributed by atoms with Crippen molar-refractivity contribution >= 4 is 11.9 Å². The van der Waals surface area contributed by atoms with Crippen LogP contribution in [0.4, 0.5) is 0 Å². The summed E-state index contributed by atoms with van der Waals surface area (Å²) in [6.45, 7) is 3.65. The molecular weight excluding hydrogens is 286 g/mol. The Bertz CT molecular complexity index is 539. The fourth-order valence-corrected chi connectivity index (χ4v) is 2.94. The second kappa shape index (κ2) is 6.91. The molecule has 0 spiro atoms. The van der Waals surface area contributed by atoms with Gasteiger partial charge in [-0.2, -0.15) is 5.10 Å². The minimum absolute atomic E-state index is 0.112. The Morgan fingerprint density at radius 1 is 1.50 bits per heavy atom. The second-order valence-corrected chi connectivity index (χ2v) is 5.84. The Morgan fingerprint density at radius 2 is 2.27 bits per heavy atom. The number of aromatic nitrogens is 2. The Kier molecular flexibility index (Phi) is 5.18. The van der Waals surface area contributed by atoms with Gasteiger partial charge in [0, 0.05) is 32.9 Å². The number of aliphatic carboxylic acids is 1. The van der Waals surface area contributed by atoms with Crippen molar-refractivity contribution in [2.75, 3.05) is 26.8 Å². The van der Waals surface area contributed by atoms with Gasteiger partial charge < -0.3 is 14.7 Å². The van der Waals surface area contributed by atoms with Gasteiger partial charge in [0.2, 0.25) is 0 Å². The third kappa shape index (κ3) is 3.30. The van der Waals surface area contributed by atoms with E-state index in [1.165, 1.54) is 7.11 Å². The Balaban J connectivity index is 2.13. The van der Waals surface area contributed by atoms with Crippen molar-refractivity contribution in [2.45, 2.75) is 32.7 Å². The number of hydrogen-bond acceptors (Lipinski definition) is 4. The van der Waals surface area contributed by atoms with Crippen LogP contribution < -0.4 is 0 Å². The van der Waals surface area contributed by atoms with E-state index in [1.54, 1.807) is 22.0 Å². The molecule has 1 fully saturated rings. The van der Waals surface area contributed by atoms with Crippen LogP contribution in [0.25, 0.3) is 0 Å². The topological polar surface area (TPSA) is 84.7 Å². The first-order chi connectivity index (χ1) is 10.5. The van der Waals surface area contributed by atoms with Crippen LogP contribution in [-0.2, 0) is 16.1 Å². The Morgan fingerprint density at radius 3 is 2.91 bits per heavy atom. The molecule has 2 heterocycles. The summed E-state index contributed by atoms with van der Waals surface area (Å²) in [5, 5.41) is 13.7. The maximum Gasteiger partial charge on any atom is 0.313 e. The fraction of sp³-hybridized carbons (Fsp3) is 0.667. The molecule has 7 heteroatoms. The zero-order valence-electron chi connectivity index (χ0n) is 13.1. The van der Waals surface area contributed by atoms with Crippen molar-refractivity contribution in [3.8, 4) is 0 Å². The molecule has 2 rings (SSSR count). The number of carboxylic acid groups (broad SMARTS) is 1. The molecule has 1 saturated heterocycles. The molecule has 122 valence electrons. The van der Waals surface area contributed by atoms with Crippen LogP contribution in [0.1, 0.15) is 36.5 Å². The molecule has 1 aliphatic heterocycles. The highest BCUT2D eigenvalue weighted by molar-refractivity contribution is 5.94. The van der Waals surface area contributed by atoms with E-state index in [0.29, 0.717) is 24.9 Å². The van der Waals surface area contributed by atoms with Gasteiger partial charge in [0.05, 0.1) is 18.4 Å². The van der Waals surface area contributed by atoms with Crippen LogP contribution in [0.2, 0.25) is 0 Å². The molecule has 7 nitrogen and oxygen atoms in total. The molecule has 1 N–H and O–H groups in total. The lowest BCUT2D eigenvalue weighted by Crippen LogP contribution is -2.52. The molecule has 0 aliphatic carbocycles. The van der Waals surface area contributed by atoms with Crippen LogP contribution in [-0.4, -0.2) is 58.5 Å². The van der Waals surface area contributed by atoms with Gasteiger partial charge in [0.15, 0.2) is 0 Å². The number of piperidine rings is 1. The van der Waals surface area contributed by atoms with E-state index in [-0.39, 0.29) is 19.1 Å². The van der Waals surface area contributed by atoms with Gasteiger partial charge in [-0.15, -0.1) is 0 Å². The molecule has 1 aromatic rings. The van der Waals surface area contributed by atoms with E-state index < -0.39 is 11.4 Å². The molecule has 0 saturated carbocycles. The Hall–Kier alpha value is -1.89. The van der Waals surface area contributed by atoms with Crippen LogP contribution in [0.3, 0.4) is 0 Å². The summed E-state index contributed by atoms with van der Waals surface area (Å²) >= 11 is 0. The number of carbonyl (C=O) groups is 2. The first kappa shape index (κ1) is 16.5. The van der Waals surface area contributed by atoms with Crippen LogP contribution in [0.5, 0.6) is 0 Å². The lowest BCUT2D eigenvalue weighted by atomic mass is 9.80. The summed E-state index contributed by atoms with van der Waals surface area (Å²) in [6, 6.07) is 0. The number of nitrogens with zero attached hydrogens (tertiary/aromatic N) is 3. The smallest absolute Gasteiger partial charge is 0.313 e. The first-order valence-electron chi connectivity index (χ1n) is 7.56. The SMILES string of the molecule is CCCn1cc(C(=O)N2CCCC(COC)(C(=O)O)C2)cn1. The van der Waals surface area contributed by atoms with Crippen molar-refractivity contribution in [2.24, 2.45) is 5.41 Å². The van der Waals surface area contributed by atoms with E-state index >= 15 is 0 Å². The number of ether oxygens (including phenoxy) is 1. The summed E-state index contributed by atoms with van der Waals surface area (Å²) in [4.78, 5) is 25.8. The molecular formula is C15H23N3O4. The number of carboxylic acids is 1. The molecule has 1 amide bonds. The lowest BCUT2D eigenvalue weighted by Gasteiger charge is -2.39. The number of carbonyl (C=O) groups excluding carboxylic acids is 1. The summed E-state index contributed by atoms with van der Waals surface area (Å²) in [6.07, 6.45) is 5.39. The van der Waals surface area contributed by atoms with Crippen LogP contribution in [0, 0.1) is 5.41 Å². The molecule has 1 atom stereocenters. The molecule has 0 bridgehead atoms. The number of amides is 1. The highest BCUT2D eigenvalue weighted by atomic mass is 16.5. The van der Waals surface area contributed by atoms with E-state index in [2.05, 4.69) is 5.10 Å². The summed E-state index contributed by atoms with van der Waals surface area (Å²) in [5.74, 6) is -1.07. The quantitative estimate of drug-likeness (QED) is 0.855. The van der Waals surface area contributed by atoms with Gasteiger partial charge in [-0.25, -0.2) is 0 Å². The van der Waals surface area contributed by atoms with Crippen LogP contribution >= 0.6 is 0 Å². The fourth-order valence-electron chi connectivity index (χ4n) is 2.94. The van der Waals surface area contributed by atoms with Crippen molar-refractivity contribution in [3.63, 3.8) is 0 Å². The third-order valence-electron chi connectivity index (χ3n) is 4.07. The molecule has 1 aromatic heterocycles. The minimum atomic E-state index is -1.01. The molecule has 0 aromatic carbocycles. The van der Waals surface area contributed by atoms with E-state index in [0.717, 1.165) is 13.0 Å². The molecule has 1 unspecified atom stereocenters. The maximum atomic E-state index is 12.6. The maximum absolute atomic E-state index is 12.6. The highest BCUT2D eigenvalue weighted by Crippen LogP contribution is 2.31. The standard InChI is InChI=1S/C15H23N3O4/c1-3-6-18-9-12(8-16-18)13(19)17-7-4-5-15(10-17,11-22-2)14(20)21/h8-9H,3-7,10-11H2,1-2H3,(H,20,21). The number of likely N-dealkylation sites (tertiary alicyclic amines) is 1. The van der Waals surface area contributed by atoms with Crippen molar-refractivity contribution in [3.05, 3.63) is 18.0 Å². The van der Waals surface area contributed by atoms with Crippen molar-refractivity contribution in [1.82, 2.24) is 14.7 Å². The zero-order chi connectivity index (χ0) is 16.2. The summed E-state index contributed by atoms with van der Waals surface area (Å²) < 4.78 is 6.81. The largest absolute Gasteiger partial charge is 0.481 e. The lowest BCUT2D eigenvalue weighted by molar-refractivity contribution is -0.155. The Labute approximate surface area is 129 Å². The van der Waals surface area contributed by atoms with Gasteiger partial charge in [-0.05, 0) is 19.3 Å². The van der Waals surface area contributed by atoms with Gasteiger partial charge in [0.1, 0.15) is 5.41 Å². The second-order valence-electron chi connectivity index (χ2n) is 5.84. The van der Waals surface area contributed by atoms with Crippen molar-refractivity contribution < 1.29 is 19.4 Å². The van der Waals surface area contributed by atoms with E-state index in [1.807, 2.05) is 6.92 Å². The minimum Gasteiger partial charge on any atom is -0.481 e. The van der Waals surface area contributed by atoms with Gasteiger partial charge in [-0.1, -0.05) is 6.92 Å². The normalized spacial score (nSPS) is 21.8.